The van der Waals surface area contributed by atoms with Crippen molar-refractivity contribution in [2.75, 3.05) is 12.4 Å². The first-order chi connectivity index (χ1) is 12.2. The Kier molecular flexibility index (Phi) is 4.69. The standard InChI is InChI=1S/C20H20ClNO4/c1-11-17(20(2,3)24)12-7-5-9-14(18(12)26-11)22-19(23)16-13(21)8-6-10-15(16)25-4/h5-10,24H,1-4H3,(H,22,23). The second-order valence-corrected chi connectivity index (χ2v) is 6.95. The van der Waals surface area contributed by atoms with Crippen LogP contribution < -0.4 is 10.1 Å². The summed E-state index contributed by atoms with van der Waals surface area (Å²) >= 11 is 6.18. The molecule has 0 bridgehead atoms. The molecule has 1 heterocycles. The highest BCUT2D eigenvalue weighted by atomic mass is 35.5. The van der Waals surface area contributed by atoms with E-state index in [0.717, 1.165) is 5.39 Å². The number of hydrogen-bond donors (Lipinski definition) is 2. The highest BCUT2D eigenvalue weighted by Gasteiger charge is 2.26. The van der Waals surface area contributed by atoms with Gasteiger partial charge in [-0.1, -0.05) is 29.8 Å². The van der Waals surface area contributed by atoms with Gasteiger partial charge in [-0.25, -0.2) is 0 Å². The van der Waals surface area contributed by atoms with E-state index >= 15 is 0 Å². The molecule has 1 aromatic heterocycles. The molecular formula is C20H20ClNO4. The van der Waals surface area contributed by atoms with Gasteiger partial charge in [0.2, 0.25) is 0 Å². The van der Waals surface area contributed by atoms with E-state index in [2.05, 4.69) is 5.32 Å². The zero-order valence-corrected chi connectivity index (χ0v) is 15.8. The number of para-hydroxylation sites is 1. The van der Waals surface area contributed by atoms with Crippen molar-refractivity contribution in [1.82, 2.24) is 0 Å². The lowest BCUT2D eigenvalue weighted by molar-refractivity contribution is 0.0783. The van der Waals surface area contributed by atoms with Crippen molar-refractivity contribution in [1.29, 1.82) is 0 Å². The number of rotatable bonds is 4. The summed E-state index contributed by atoms with van der Waals surface area (Å²) in [7, 11) is 1.48. The minimum atomic E-state index is -1.07. The third kappa shape index (κ3) is 3.16. The Balaban J connectivity index is 2.07. The van der Waals surface area contributed by atoms with E-state index in [4.69, 9.17) is 20.8 Å². The Morgan fingerprint density at radius 3 is 2.58 bits per heavy atom. The van der Waals surface area contributed by atoms with Crippen LogP contribution in [-0.4, -0.2) is 18.1 Å². The maximum Gasteiger partial charge on any atom is 0.261 e. The molecule has 0 aliphatic carbocycles. The largest absolute Gasteiger partial charge is 0.496 e. The average Bonchev–Trinajstić information content (AvgIpc) is 2.91. The first-order valence-electron chi connectivity index (χ1n) is 8.13. The molecule has 136 valence electrons. The van der Waals surface area contributed by atoms with Gasteiger partial charge in [-0.05, 0) is 39.0 Å². The Bertz CT molecular complexity index is 985. The average molecular weight is 374 g/mol. The second kappa shape index (κ2) is 6.67. The zero-order chi connectivity index (χ0) is 19.1. The molecule has 0 saturated carbocycles. The number of ether oxygens (including phenoxy) is 1. The SMILES string of the molecule is COc1cccc(Cl)c1C(=O)Nc1cccc2c(C(C)(C)O)c(C)oc12. The first kappa shape index (κ1) is 18.3. The molecule has 3 aromatic rings. The number of amides is 1. The van der Waals surface area contributed by atoms with Crippen molar-refractivity contribution >= 4 is 34.2 Å². The molecule has 3 rings (SSSR count). The maximum atomic E-state index is 12.8. The minimum Gasteiger partial charge on any atom is -0.496 e. The van der Waals surface area contributed by atoms with E-state index in [1.807, 2.05) is 6.07 Å². The van der Waals surface area contributed by atoms with Gasteiger partial charge in [-0.15, -0.1) is 0 Å². The molecule has 26 heavy (non-hydrogen) atoms. The number of aliphatic hydroxyl groups is 1. The summed E-state index contributed by atoms with van der Waals surface area (Å²) in [5.41, 5.74) is 0.873. The van der Waals surface area contributed by atoms with Crippen LogP contribution in [0.5, 0.6) is 5.75 Å². The lowest BCUT2D eigenvalue weighted by Gasteiger charge is -2.17. The molecule has 1 amide bonds. The number of carbonyl (C=O) groups is 1. The van der Waals surface area contributed by atoms with Crippen LogP contribution in [0.2, 0.25) is 5.02 Å². The van der Waals surface area contributed by atoms with Crippen LogP contribution in [0.25, 0.3) is 11.0 Å². The second-order valence-electron chi connectivity index (χ2n) is 6.55. The third-order valence-electron chi connectivity index (χ3n) is 4.17. The van der Waals surface area contributed by atoms with Crippen LogP contribution in [0.15, 0.2) is 40.8 Å². The van der Waals surface area contributed by atoms with Gasteiger partial charge in [0.05, 0.1) is 23.4 Å². The lowest BCUT2D eigenvalue weighted by atomic mass is 9.95. The monoisotopic (exact) mass is 373 g/mol. The van der Waals surface area contributed by atoms with Crippen LogP contribution in [-0.2, 0) is 5.60 Å². The Morgan fingerprint density at radius 2 is 1.92 bits per heavy atom. The fourth-order valence-corrected chi connectivity index (χ4v) is 3.43. The van der Waals surface area contributed by atoms with E-state index in [0.29, 0.717) is 33.4 Å². The summed E-state index contributed by atoms with van der Waals surface area (Å²) in [5, 5.41) is 14.3. The van der Waals surface area contributed by atoms with E-state index in [1.54, 1.807) is 51.1 Å². The molecule has 0 aliphatic heterocycles. The highest BCUT2D eigenvalue weighted by molar-refractivity contribution is 6.35. The lowest BCUT2D eigenvalue weighted by Crippen LogP contribution is -2.16. The molecule has 0 fully saturated rings. The molecule has 2 aromatic carbocycles. The van der Waals surface area contributed by atoms with Gasteiger partial charge in [0.25, 0.3) is 5.91 Å². The number of aryl methyl sites for hydroxylation is 1. The highest BCUT2D eigenvalue weighted by Crippen LogP contribution is 2.37. The molecule has 0 radical (unpaired) electrons. The zero-order valence-electron chi connectivity index (χ0n) is 15.0. The number of carbonyl (C=O) groups excluding carboxylic acids is 1. The van der Waals surface area contributed by atoms with Gasteiger partial charge in [0.15, 0.2) is 5.58 Å². The van der Waals surface area contributed by atoms with Crippen molar-refractivity contribution < 1.29 is 19.1 Å². The molecule has 0 spiro atoms. The van der Waals surface area contributed by atoms with Gasteiger partial charge in [-0.3, -0.25) is 4.79 Å². The number of halogens is 1. The van der Waals surface area contributed by atoms with E-state index in [-0.39, 0.29) is 5.56 Å². The fraction of sp³-hybridized carbons (Fsp3) is 0.250. The summed E-state index contributed by atoms with van der Waals surface area (Å²) in [6.07, 6.45) is 0. The van der Waals surface area contributed by atoms with Crippen LogP contribution in [0.4, 0.5) is 5.69 Å². The molecule has 6 heteroatoms. The van der Waals surface area contributed by atoms with E-state index in [9.17, 15) is 9.90 Å². The quantitative estimate of drug-likeness (QED) is 0.683. The fourth-order valence-electron chi connectivity index (χ4n) is 3.18. The number of nitrogens with one attached hydrogen (secondary N) is 1. The summed E-state index contributed by atoms with van der Waals surface area (Å²) in [4.78, 5) is 12.8. The number of furan rings is 1. The third-order valence-corrected chi connectivity index (χ3v) is 4.49. The summed E-state index contributed by atoms with van der Waals surface area (Å²) in [6.45, 7) is 5.18. The van der Waals surface area contributed by atoms with E-state index in [1.165, 1.54) is 7.11 Å². The number of methoxy groups -OCH3 is 1. The molecule has 5 nitrogen and oxygen atoms in total. The molecule has 0 aliphatic rings. The van der Waals surface area contributed by atoms with Crippen LogP contribution in [0.3, 0.4) is 0 Å². The number of fused-ring (bicyclic) bond motifs is 1. The molecule has 2 N–H and O–H groups in total. The van der Waals surface area contributed by atoms with Gasteiger partial charge in [0.1, 0.15) is 17.1 Å². The van der Waals surface area contributed by atoms with Gasteiger partial charge < -0.3 is 19.6 Å². The van der Waals surface area contributed by atoms with Crippen molar-refractivity contribution in [2.24, 2.45) is 0 Å². The Labute approximate surface area is 156 Å². The van der Waals surface area contributed by atoms with Crippen molar-refractivity contribution in [3.63, 3.8) is 0 Å². The van der Waals surface area contributed by atoms with Crippen LogP contribution >= 0.6 is 11.6 Å². The normalized spacial score (nSPS) is 11.6. The van der Waals surface area contributed by atoms with Crippen LogP contribution in [0.1, 0.15) is 35.5 Å². The predicted octanol–water partition coefficient (Wildman–Crippen LogP) is 4.88. The van der Waals surface area contributed by atoms with Gasteiger partial charge >= 0.3 is 0 Å². The minimum absolute atomic E-state index is 0.250. The first-order valence-corrected chi connectivity index (χ1v) is 8.50. The van der Waals surface area contributed by atoms with Gasteiger partial charge in [0, 0.05) is 10.9 Å². The molecular weight excluding hydrogens is 354 g/mol. The van der Waals surface area contributed by atoms with Gasteiger partial charge in [-0.2, -0.15) is 0 Å². The summed E-state index contributed by atoms with van der Waals surface area (Å²) in [6, 6.07) is 10.4. The maximum absolute atomic E-state index is 12.8. The van der Waals surface area contributed by atoms with Crippen molar-refractivity contribution in [2.45, 2.75) is 26.4 Å². The van der Waals surface area contributed by atoms with E-state index < -0.39 is 11.5 Å². The number of benzene rings is 2. The Hall–Kier alpha value is -2.50. The number of anilines is 1. The Morgan fingerprint density at radius 1 is 1.23 bits per heavy atom. The van der Waals surface area contributed by atoms with Crippen molar-refractivity contribution in [3.05, 3.63) is 58.3 Å². The molecule has 0 unspecified atom stereocenters. The topological polar surface area (TPSA) is 71.7 Å². The molecule has 0 atom stereocenters. The van der Waals surface area contributed by atoms with Crippen LogP contribution in [0, 0.1) is 6.92 Å². The summed E-state index contributed by atoms with van der Waals surface area (Å²) in [5.74, 6) is 0.582. The predicted molar refractivity (Wildman–Crippen MR) is 102 cm³/mol. The smallest absolute Gasteiger partial charge is 0.261 e. The van der Waals surface area contributed by atoms with Crippen molar-refractivity contribution in [3.8, 4) is 5.75 Å². The summed E-state index contributed by atoms with van der Waals surface area (Å²) < 4.78 is 11.1. The number of hydrogen-bond acceptors (Lipinski definition) is 4. The molecule has 0 saturated heterocycles.